The highest BCUT2D eigenvalue weighted by molar-refractivity contribution is 5.97. The Hall–Kier alpha value is -2.04. The molecule has 1 aliphatic heterocycles. The molecule has 5 nitrogen and oxygen atoms in total. The van der Waals surface area contributed by atoms with Gasteiger partial charge in [0.25, 0.3) is 5.91 Å². The van der Waals surface area contributed by atoms with E-state index in [9.17, 15) is 14.7 Å². The first kappa shape index (κ1) is 13.4. The summed E-state index contributed by atoms with van der Waals surface area (Å²) in [5, 5.41) is 18.6. The molecule has 2 rings (SSSR count). The zero-order valence-electron chi connectivity index (χ0n) is 11.0. The number of phenolic OH excluding ortho intramolecular Hbond substituents is 1. The monoisotopic (exact) mass is 263 g/mol. The van der Waals surface area contributed by atoms with Crippen molar-refractivity contribution < 1.29 is 19.8 Å². The smallest absolute Gasteiger partial charge is 0.306 e. The zero-order valence-corrected chi connectivity index (χ0v) is 11.0. The van der Waals surface area contributed by atoms with Crippen LogP contribution < -0.4 is 0 Å². The summed E-state index contributed by atoms with van der Waals surface area (Å²) in [5.74, 6) is -1.56. The van der Waals surface area contributed by atoms with Crippen molar-refractivity contribution in [2.75, 3.05) is 13.1 Å². The molecule has 1 aliphatic rings. The van der Waals surface area contributed by atoms with Crippen LogP contribution in [0.5, 0.6) is 5.75 Å². The van der Waals surface area contributed by atoms with Crippen molar-refractivity contribution in [1.82, 2.24) is 4.90 Å². The number of phenols is 1. The Kier molecular flexibility index (Phi) is 3.46. The Bertz CT molecular complexity index is 520. The van der Waals surface area contributed by atoms with E-state index in [1.807, 2.05) is 6.92 Å². The zero-order chi connectivity index (χ0) is 14.2. The summed E-state index contributed by atoms with van der Waals surface area (Å²) in [7, 11) is 0. The van der Waals surface area contributed by atoms with Crippen LogP contribution in [0.3, 0.4) is 0 Å². The number of nitrogens with zero attached hydrogens (tertiary/aromatic N) is 1. The van der Waals surface area contributed by atoms with Crippen LogP contribution in [-0.2, 0) is 4.79 Å². The number of rotatable bonds is 3. The van der Waals surface area contributed by atoms with Gasteiger partial charge in [-0.3, -0.25) is 9.59 Å². The number of benzene rings is 1. The van der Waals surface area contributed by atoms with Crippen LogP contribution in [0.15, 0.2) is 18.2 Å². The van der Waals surface area contributed by atoms with E-state index in [1.165, 1.54) is 0 Å². The van der Waals surface area contributed by atoms with Gasteiger partial charge in [0.15, 0.2) is 0 Å². The number of carbonyl (C=O) groups is 2. The van der Waals surface area contributed by atoms with Crippen LogP contribution >= 0.6 is 0 Å². The van der Waals surface area contributed by atoms with Gasteiger partial charge in [-0.15, -0.1) is 0 Å². The van der Waals surface area contributed by atoms with E-state index in [0.29, 0.717) is 13.1 Å². The third-order valence-electron chi connectivity index (χ3n) is 3.68. The van der Waals surface area contributed by atoms with Gasteiger partial charge < -0.3 is 15.1 Å². The molecule has 1 unspecified atom stereocenters. The first-order valence-corrected chi connectivity index (χ1v) is 6.22. The lowest BCUT2D eigenvalue weighted by atomic mass is 9.86. The summed E-state index contributed by atoms with van der Waals surface area (Å²) in [6, 6.07) is 4.91. The molecule has 19 heavy (non-hydrogen) atoms. The number of carbonyl (C=O) groups excluding carboxylic acids is 1. The molecule has 0 spiro atoms. The van der Waals surface area contributed by atoms with E-state index >= 15 is 0 Å². The highest BCUT2D eigenvalue weighted by Crippen LogP contribution is 2.28. The van der Waals surface area contributed by atoms with Gasteiger partial charge in [0.1, 0.15) is 5.75 Å². The van der Waals surface area contributed by atoms with Crippen molar-refractivity contribution in [3.8, 4) is 5.75 Å². The normalized spacial score (nSPS) is 16.8. The second kappa shape index (κ2) is 4.91. The van der Waals surface area contributed by atoms with Gasteiger partial charge in [-0.1, -0.05) is 13.0 Å². The van der Waals surface area contributed by atoms with Crippen molar-refractivity contribution in [2.24, 2.45) is 11.8 Å². The second-order valence-electron chi connectivity index (χ2n) is 5.12. The maximum atomic E-state index is 12.1. The lowest BCUT2D eigenvalue weighted by molar-refractivity contribution is -0.144. The van der Waals surface area contributed by atoms with Crippen molar-refractivity contribution in [3.63, 3.8) is 0 Å². The number of hydrogen-bond acceptors (Lipinski definition) is 3. The predicted molar refractivity (Wildman–Crippen MR) is 69.0 cm³/mol. The van der Waals surface area contributed by atoms with Crippen LogP contribution in [0.2, 0.25) is 0 Å². The third kappa shape index (κ3) is 2.54. The standard InChI is InChI=1S/C14H17NO4/c1-8-3-4-11(12(16)5-8)13(17)15-6-10(7-15)9(2)14(18)19/h3-5,9-10,16H,6-7H2,1-2H3,(H,18,19). The van der Waals surface area contributed by atoms with Crippen molar-refractivity contribution in [3.05, 3.63) is 29.3 Å². The van der Waals surface area contributed by atoms with E-state index in [4.69, 9.17) is 5.11 Å². The molecule has 1 saturated heterocycles. The number of aromatic hydroxyl groups is 1. The maximum Gasteiger partial charge on any atom is 0.306 e. The quantitative estimate of drug-likeness (QED) is 0.866. The summed E-state index contributed by atoms with van der Waals surface area (Å²) in [5.41, 5.74) is 1.15. The number of likely N-dealkylation sites (tertiary alicyclic amines) is 1. The fourth-order valence-electron chi connectivity index (χ4n) is 2.19. The van der Waals surface area contributed by atoms with Crippen molar-refractivity contribution >= 4 is 11.9 Å². The summed E-state index contributed by atoms with van der Waals surface area (Å²) in [4.78, 5) is 24.5. The Balaban J connectivity index is 2.02. The Morgan fingerprint density at radius 3 is 2.53 bits per heavy atom. The lowest BCUT2D eigenvalue weighted by Gasteiger charge is -2.41. The SMILES string of the molecule is Cc1ccc(C(=O)N2CC(C(C)C(=O)O)C2)c(O)c1. The molecule has 0 saturated carbocycles. The van der Waals surface area contributed by atoms with Gasteiger partial charge in [0, 0.05) is 19.0 Å². The molecule has 2 N–H and O–H groups in total. The molecule has 1 atom stereocenters. The average molecular weight is 263 g/mol. The molecular weight excluding hydrogens is 246 g/mol. The minimum absolute atomic E-state index is 0.00552. The van der Waals surface area contributed by atoms with E-state index in [0.717, 1.165) is 5.56 Å². The summed E-state index contributed by atoms with van der Waals surface area (Å²) >= 11 is 0. The molecule has 1 heterocycles. The Labute approximate surface area is 111 Å². The van der Waals surface area contributed by atoms with Gasteiger partial charge >= 0.3 is 5.97 Å². The summed E-state index contributed by atoms with van der Waals surface area (Å²) in [6.45, 7) is 4.35. The Morgan fingerprint density at radius 2 is 2.00 bits per heavy atom. The minimum Gasteiger partial charge on any atom is -0.507 e. The van der Waals surface area contributed by atoms with Crippen LogP contribution in [0.25, 0.3) is 0 Å². The third-order valence-corrected chi connectivity index (χ3v) is 3.68. The predicted octanol–water partition coefficient (Wildman–Crippen LogP) is 1.49. The molecule has 1 aromatic carbocycles. The molecule has 5 heteroatoms. The van der Waals surface area contributed by atoms with Crippen LogP contribution in [0.4, 0.5) is 0 Å². The number of hydrogen-bond donors (Lipinski definition) is 2. The van der Waals surface area contributed by atoms with E-state index in [-0.39, 0.29) is 23.1 Å². The highest BCUT2D eigenvalue weighted by Gasteiger charge is 2.37. The largest absolute Gasteiger partial charge is 0.507 e. The highest BCUT2D eigenvalue weighted by atomic mass is 16.4. The van der Waals surface area contributed by atoms with Gasteiger partial charge in [-0.25, -0.2) is 0 Å². The van der Waals surface area contributed by atoms with Gasteiger partial charge in [-0.05, 0) is 24.6 Å². The first-order chi connectivity index (χ1) is 8.90. The lowest BCUT2D eigenvalue weighted by Crippen LogP contribution is -2.53. The molecule has 1 fully saturated rings. The van der Waals surface area contributed by atoms with Gasteiger partial charge in [0.05, 0.1) is 11.5 Å². The Morgan fingerprint density at radius 1 is 1.37 bits per heavy atom. The molecule has 1 aromatic rings. The van der Waals surface area contributed by atoms with E-state index in [1.54, 1.807) is 30.0 Å². The molecule has 0 bridgehead atoms. The fraction of sp³-hybridized carbons (Fsp3) is 0.429. The minimum atomic E-state index is -0.838. The number of amides is 1. The molecule has 0 aliphatic carbocycles. The van der Waals surface area contributed by atoms with Crippen molar-refractivity contribution in [2.45, 2.75) is 13.8 Å². The average Bonchev–Trinajstić information content (AvgIpc) is 2.26. The van der Waals surface area contributed by atoms with Crippen molar-refractivity contribution in [1.29, 1.82) is 0 Å². The second-order valence-corrected chi connectivity index (χ2v) is 5.12. The molecule has 1 amide bonds. The van der Waals surface area contributed by atoms with Crippen LogP contribution in [-0.4, -0.2) is 40.1 Å². The summed E-state index contributed by atoms with van der Waals surface area (Å²) in [6.07, 6.45) is 0. The number of aliphatic carboxylic acids is 1. The topological polar surface area (TPSA) is 77.8 Å². The maximum absolute atomic E-state index is 12.1. The van der Waals surface area contributed by atoms with Crippen LogP contribution in [0, 0.1) is 18.8 Å². The summed E-state index contributed by atoms with van der Waals surface area (Å²) < 4.78 is 0. The number of carboxylic acid groups (broad SMARTS) is 1. The first-order valence-electron chi connectivity index (χ1n) is 6.22. The number of carboxylic acids is 1. The van der Waals surface area contributed by atoms with Crippen LogP contribution in [0.1, 0.15) is 22.8 Å². The van der Waals surface area contributed by atoms with E-state index in [2.05, 4.69) is 0 Å². The fourth-order valence-corrected chi connectivity index (χ4v) is 2.19. The molecule has 0 radical (unpaired) electrons. The molecular formula is C14H17NO4. The van der Waals surface area contributed by atoms with Gasteiger partial charge in [0.2, 0.25) is 0 Å². The number of aryl methyl sites for hydroxylation is 1. The van der Waals surface area contributed by atoms with Gasteiger partial charge in [-0.2, -0.15) is 0 Å². The molecule has 102 valence electrons. The van der Waals surface area contributed by atoms with E-state index < -0.39 is 11.9 Å². The molecule has 0 aromatic heterocycles.